The highest BCUT2D eigenvalue weighted by Crippen LogP contribution is 2.31. The van der Waals surface area contributed by atoms with E-state index in [1.807, 2.05) is 0 Å². The van der Waals surface area contributed by atoms with E-state index in [9.17, 15) is 4.79 Å². The van der Waals surface area contributed by atoms with E-state index in [0.29, 0.717) is 18.3 Å². The number of ether oxygens (including phenoxy) is 1. The van der Waals surface area contributed by atoms with Gasteiger partial charge in [0.1, 0.15) is 5.76 Å². The average Bonchev–Trinajstić information content (AvgIpc) is 2.94. The van der Waals surface area contributed by atoms with Crippen LogP contribution in [0.15, 0.2) is 16.5 Å². The predicted octanol–water partition coefficient (Wildman–Crippen LogP) is 2.81. The largest absolute Gasteiger partial charge is 0.475 e. The first-order valence-corrected chi connectivity index (χ1v) is 7.28. The number of rotatable bonds is 6. The topological polar surface area (TPSA) is 71.7 Å². The van der Waals surface area contributed by atoms with Crippen molar-refractivity contribution in [2.45, 2.75) is 57.7 Å². The highest BCUT2D eigenvalue weighted by atomic mass is 16.5. The second-order valence-electron chi connectivity index (χ2n) is 5.38. The number of furan rings is 1. The van der Waals surface area contributed by atoms with E-state index in [2.05, 4.69) is 19.2 Å². The molecule has 0 bridgehead atoms. The Kier molecular flexibility index (Phi) is 4.83. The highest BCUT2D eigenvalue weighted by Gasteiger charge is 2.34. The maximum Gasteiger partial charge on any atom is 0.371 e. The Morgan fingerprint density at radius 1 is 1.45 bits per heavy atom. The zero-order valence-corrected chi connectivity index (χ0v) is 12.1. The van der Waals surface area contributed by atoms with Gasteiger partial charge in [0.05, 0.1) is 12.1 Å². The lowest BCUT2D eigenvalue weighted by Gasteiger charge is -2.40. The van der Waals surface area contributed by atoms with Crippen LogP contribution in [0.2, 0.25) is 0 Å². The van der Waals surface area contributed by atoms with Crippen molar-refractivity contribution < 1.29 is 19.1 Å². The number of carbonyl (C=O) groups is 1. The fraction of sp³-hybridized carbons (Fsp3) is 0.667. The van der Waals surface area contributed by atoms with Crippen molar-refractivity contribution in [3.63, 3.8) is 0 Å². The van der Waals surface area contributed by atoms with E-state index in [1.54, 1.807) is 6.07 Å². The Morgan fingerprint density at radius 2 is 2.20 bits per heavy atom. The van der Waals surface area contributed by atoms with E-state index >= 15 is 0 Å². The second-order valence-corrected chi connectivity index (χ2v) is 5.38. The fourth-order valence-corrected chi connectivity index (χ4v) is 2.78. The minimum absolute atomic E-state index is 0.00863. The summed E-state index contributed by atoms with van der Waals surface area (Å²) >= 11 is 0. The van der Waals surface area contributed by atoms with Crippen LogP contribution in [0.5, 0.6) is 0 Å². The van der Waals surface area contributed by atoms with Crippen LogP contribution in [0.1, 0.15) is 55.8 Å². The van der Waals surface area contributed by atoms with E-state index in [1.165, 1.54) is 6.07 Å². The van der Waals surface area contributed by atoms with Gasteiger partial charge in [-0.2, -0.15) is 0 Å². The number of nitrogens with one attached hydrogen (secondary N) is 1. The summed E-state index contributed by atoms with van der Waals surface area (Å²) in [4.78, 5) is 10.8. The van der Waals surface area contributed by atoms with E-state index in [-0.39, 0.29) is 11.4 Å². The normalized spacial score (nSPS) is 21.8. The molecule has 1 unspecified atom stereocenters. The third kappa shape index (κ3) is 3.41. The first kappa shape index (κ1) is 15.1. The van der Waals surface area contributed by atoms with Gasteiger partial charge in [0.25, 0.3) is 0 Å². The lowest BCUT2D eigenvalue weighted by molar-refractivity contribution is -0.0933. The molecule has 112 valence electrons. The highest BCUT2D eigenvalue weighted by molar-refractivity contribution is 5.84. The lowest BCUT2D eigenvalue weighted by Crippen LogP contribution is -2.46. The zero-order chi connectivity index (χ0) is 14.6. The monoisotopic (exact) mass is 281 g/mol. The quantitative estimate of drug-likeness (QED) is 0.839. The smallest absolute Gasteiger partial charge is 0.371 e. The summed E-state index contributed by atoms with van der Waals surface area (Å²) in [6, 6.07) is 3.59. The molecule has 20 heavy (non-hydrogen) atoms. The van der Waals surface area contributed by atoms with Gasteiger partial charge in [0.15, 0.2) is 0 Å². The van der Waals surface area contributed by atoms with Crippen molar-refractivity contribution in [3.05, 3.63) is 23.7 Å². The minimum atomic E-state index is -1.03. The molecule has 0 spiro atoms. The molecule has 0 aromatic carbocycles. The van der Waals surface area contributed by atoms with Crippen LogP contribution in [0.25, 0.3) is 0 Å². The molecule has 2 rings (SSSR count). The Labute approximate surface area is 119 Å². The van der Waals surface area contributed by atoms with Crippen LogP contribution in [0.4, 0.5) is 0 Å². The second kappa shape index (κ2) is 6.41. The van der Waals surface area contributed by atoms with Crippen molar-refractivity contribution in [2.75, 3.05) is 6.61 Å². The van der Waals surface area contributed by atoms with Gasteiger partial charge in [0.2, 0.25) is 5.76 Å². The molecule has 2 N–H and O–H groups in total. The molecule has 1 aliphatic heterocycles. The van der Waals surface area contributed by atoms with Crippen molar-refractivity contribution in [1.82, 2.24) is 5.32 Å². The third-order valence-corrected chi connectivity index (χ3v) is 4.22. The van der Waals surface area contributed by atoms with Gasteiger partial charge in [-0.3, -0.25) is 0 Å². The van der Waals surface area contributed by atoms with Gasteiger partial charge >= 0.3 is 5.97 Å². The molecule has 0 saturated carbocycles. The Hall–Kier alpha value is -1.33. The van der Waals surface area contributed by atoms with Crippen LogP contribution in [-0.2, 0) is 11.3 Å². The summed E-state index contributed by atoms with van der Waals surface area (Å²) < 4.78 is 11.2. The van der Waals surface area contributed by atoms with Gasteiger partial charge in [-0.05, 0) is 37.8 Å². The maximum absolute atomic E-state index is 10.8. The van der Waals surface area contributed by atoms with Crippen LogP contribution in [0.3, 0.4) is 0 Å². The summed E-state index contributed by atoms with van der Waals surface area (Å²) in [5.74, 6) is -0.379. The molecule has 1 atom stereocenters. The Balaban J connectivity index is 1.88. The predicted molar refractivity (Wildman–Crippen MR) is 74.8 cm³/mol. The summed E-state index contributed by atoms with van der Waals surface area (Å²) in [7, 11) is 0. The van der Waals surface area contributed by atoms with Crippen LogP contribution >= 0.6 is 0 Å². The molecule has 1 aliphatic rings. The molecule has 5 nitrogen and oxygen atoms in total. The van der Waals surface area contributed by atoms with Gasteiger partial charge in [-0.25, -0.2) is 4.79 Å². The lowest BCUT2D eigenvalue weighted by atomic mass is 9.86. The molecule has 1 saturated heterocycles. The van der Waals surface area contributed by atoms with E-state index in [4.69, 9.17) is 14.3 Å². The number of hydrogen-bond donors (Lipinski definition) is 2. The molecule has 2 heterocycles. The Morgan fingerprint density at radius 3 is 2.80 bits per heavy atom. The molecule has 0 radical (unpaired) electrons. The first-order valence-electron chi connectivity index (χ1n) is 7.28. The molecule has 1 fully saturated rings. The molecule has 1 aromatic heterocycles. The fourth-order valence-electron chi connectivity index (χ4n) is 2.78. The summed E-state index contributed by atoms with van der Waals surface area (Å²) in [6.45, 7) is 5.66. The number of carboxylic acids is 1. The first-order chi connectivity index (χ1) is 9.58. The zero-order valence-electron chi connectivity index (χ0n) is 12.1. The van der Waals surface area contributed by atoms with E-state index < -0.39 is 5.97 Å². The van der Waals surface area contributed by atoms with Gasteiger partial charge in [0, 0.05) is 12.6 Å². The SMILES string of the molecule is CCC1(CC)CC(NCc2ccc(C(=O)O)o2)CCO1. The average molecular weight is 281 g/mol. The maximum atomic E-state index is 10.8. The van der Waals surface area contributed by atoms with Crippen molar-refractivity contribution in [3.8, 4) is 0 Å². The summed E-state index contributed by atoms with van der Waals surface area (Å²) in [6.07, 6.45) is 4.01. The van der Waals surface area contributed by atoms with Gasteiger partial charge in [-0.1, -0.05) is 13.8 Å². The van der Waals surface area contributed by atoms with Crippen LogP contribution in [-0.4, -0.2) is 29.3 Å². The molecule has 1 aromatic rings. The van der Waals surface area contributed by atoms with Crippen molar-refractivity contribution in [1.29, 1.82) is 0 Å². The number of carboxylic acid groups (broad SMARTS) is 1. The minimum Gasteiger partial charge on any atom is -0.475 e. The molecule has 0 aliphatic carbocycles. The third-order valence-electron chi connectivity index (χ3n) is 4.22. The van der Waals surface area contributed by atoms with Gasteiger partial charge in [-0.15, -0.1) is 0 Å². The molecule has 5 heteroatoms. The van der Waals surface area contributed by atoms with Crippen LogP contribution < -0.4 is 5.32 Å². The number of hydrogen-bond acceptors (Lipinski definition) is 4. The summed E-state index contributed by atoms with van der Waals surface area (Å²) in [5, 5.41) is 12.3. The Bertz CT molecular complexity index is 450. The molecular weight excluding hydrogens is 258 g/mol. The van der Waals surface area contributed by atoms with Crippen molar-refractivity contribution >= 4 is 5.97 Å². The van der Waals surface area contributed by atoms with Gasteiger partial charge < -0.3 is 19.6 Å². The van der Waals surface area contributed by atoms with Crippen molar-refractivity contribution in [2.24, 2.45) is 0 Å². The summed E-state index contributed by atoms with van der Waals surface area (Å²) in [5.41, 5.74) is -0.00863. The standard InChI is InChI=1S/C15H23NO4/c1-3-15(4-2)9-11(7-8-19-15)16-10-12-5-6-13(20-12)14(17)18/h5-6,11,16H,3-4,7-10H2,1-2H3,(H,17,18). The van der Waals surface area contributed by atoms with E-state index in [0.717, 1.165) is 32.3 Å². The number of aromatic carboxylic acids is 1. The van der Waals surface area contributed by atoms with Crippen LogP contribution in [0, 0.1) is 0 Å². The molecular formula is C15H23NO4. The molecule has 0 amide bonds.